The fraction of sp³-hybridized carbons (Fsp3) is 0.594. The van der Waals surface area contributed by atoms with Gasteiger partial charge in [-0.25, -0.2) is 9.37 Å². The van der Waals surface area contributed by atoms with Crippen molar-refractivity contribution in [2.75, 3.05) is 45.3 Å². The largest absolute Gasteiger partial charge is 0.511 e. The van der Waals surface area contributed by atoms with E-state index in [1.54, 1.807) is 7.11 Å². The summed E-state index contributed by atoms with van der Waals surface area (Å²) < 4.78 is 32.7. The Morgan fingerprint density at radius 3 is 2.98 bits per heavy atom. The molecule has 2 N–H and O–H groups in total. The molecule has 0 saturated carbocycles. The maximum Gasteiger partial charge on any atom is 0.129 e. The normalized spacial score (nSPS) is 21.7. The lowest BCUT2D eigenvalue weighted by atomic mass is 9.81. The van der Waals surface area contributed by atoms with Crippen LogP contribution < -0.4 is 10.1 Å². The highest BCUT2D eigenvalue weighted by Crippen LogP contribution is 2.41. The number of halogens is 1. The Morgan fingerprint density at radius 2 is 2.17 bits per heavy atom. The summed E-state index contributed by atoms with van der Waals surface area (Å²) in [6, 6.07) is 6.81. The minimum atomic E-state index is -0.519. The molecule has 7 nitrogen and oxygen atoms in total. The number of nitrogens with zero attached hydrogens (tertiary/aromatic N) is 2. The molecule has 1 saturated heterocycles. The zero-order valence-electron chi connectivity index (χ0n) is 24.2. The fourth-order valence-corrected chi connectivity index (χ4v) is 6.21. The van der Waals surface area contributed by atoms with Gasteiger partial charge in [-0.1, -0.05) is 12.6 Å². The van der Waals surface area contributed by atoms with Crippen molar-refractivity contribution >= 4 is 5.82 Å². The Bertz CT molecular complexity index is 1200. The highest BCUT2D eigenvalue weighted by Gasteiger charge is 2.38. The molecule has 0 radical (unpaired) electrons. The zero-order valence-corrected chi connectivity index (χ0v) is 24.2. The number of likely N-dealkylation sites (tertiary alicyclic amines) is 1. The van der Waals surface area contributed by atoms with E-state index in [4.69, 9.17) is 19.2 Å². The number of ether oxygens (including phenoxy) is 3. The first-order chi connectivity index (χ1) is 19.2. The van der Waals surface area contributed by atoms with Gasteiger partial charge >= 0.3 is 0 Å². The number of benzene rings is 1. The average molecular weight is 554 g/mol. The smallest absolute Gasteiger partial charge is 0.129 e. The highest BCUT2D eigenvalue weighted by atomic mass is 19.1. The van der Waals surface area contributed by atoms with Gasteiger partial charge in [-0.2, -0.15) is 0 Å². The second-order valence-electron chi connectivity index (χ2n) is 12.0. The number of fused-ring (bicyclic) bond motifs is 2. The predicted octanol–water partition coefficient (Wildman–Crippen LogP) is 5.78. The second kappa shape index (κ2) is 12.5. The maximum absolute atomic E-state index is 14.7. The van der Waals surface area contributed by atoms with Crippen molar-refractivity contribution in [2.45, 2.75) is 76.5 Å². The van der Waals surface area contributed by atoms with E-state index in [-0.39, 0.29) is 23.6 Å². The van der Waals surface area contributed by atoms with Gasteiger partial charge in [-0.3, -0.25) is 4.90 Å². The molecule has 3 atom stereocenters. The summed E-state index contributed by atoms with van der Waals surface area (Å²) in [7, 11) is 1.70. The number of hydrogen-bond donors (Lipinski definition) is 2. The van der Waals surface area contributed by atoms with Crippen molar-refractivity contribution in [2.24, 2.45) is 5.92 Å². The third kappa shape index (κ3) is 6.45. The first-order valence-electron chi connectivity index (χ1n) is 14.7. The van der Waals surface area contributed by atoms with Gasteiger partial charge in [0.05, 0.1) is 24.4 Å². The molecule has 1 aromatic heterocycles. The Kier molecular flexibility index (Phi) is 8.98. The number of hydrogen-bond acceptors (Lipinski definition) is 7. The summed E-state index contributed by atoms with van der Waals surface area (Å²) in [5, 5.41) is 14.1. The van der Waals surface area contributed by atoms with Crippen LogP contribution in [0.25, 0.3) is 0 Å². The van der Waals surface area contributed by atoms with Crippen LogP contribution >= 0.6 is 0 Å². The Morgan fingerprint density at radius 1 is 1.32 bits per heavy atom. The molecule has 3 aliphatic heterocycles. The molecule has 3 aliphatic rings. The van der Waals surface area contributed by atoms with E-state index in [1.165, 1.54) is 24.1 Å². The van der Waals surface area contributed by atoms with Crippen LogP contribution in [0, 0.1) is 11.7 Å². The van der Waals surface area contributed by atoms with Gasteiger partial charge in [0.2, 0.25) is 0 Å². The number of aliphatic hydroxyl groups excluding tert-OH is 1. The number of unbranched alkanes of at least 4 members (excludes halogenated alkanes) is 1. The lowest BCUT2D eigenvalue weighted by Crippen LogP contribution is -2.41. The van der Waals surface area contributed by atoms with Crippen LogP contribution in [0.3, 0.4) is 0 Å². The van der Waals surface area contributed by atoms with Crippen LogP contribution in [0.2, 0.25) is 0 Å². The van der Waals surface area contributed by atoms with Crippen molar-refractivity contribution in [1.29, 1.82) is 0 Å². The topological polar surface area (TPSA) is 76.1 Å². The number of aryl methyl sites for hydroxylation is 2. The third-order valence-corrected chi connectivity index (χ3v) is 8.89. The molecular weight excluding hydrogens is 509 g/mol. The van der Waals surface area contributed by atoms with Gasteiger partial charge in [0.15, 0.2) is 0 Å². The maximum atomic E-state index is 14.7. The number of rotatable bonds is 11. The third-order valence-electron chi connectivity index (χ3n) is 8.89. The van der Waals surface area contributed by atoms with Crippen LogP contribution in [-0.2, 0) is 28.7 Å². The summed E-state index contributed by atoms with van der Waals surface area (Å²) in [6.45, 7) is 11.5. The first kappa shape index (κ1) is 28.8. The molecule has 0 bridgehead atoms. The van der Waals surface area contributed by atoms with Crippen molar-refractivity contribution in [1.82, 2.24) is 9.88 Å². The monoisotopic (exact) mass is 553 g/mol. The summed E-state index contributed by atoms with van der Waals surface area (Å²) in [5.41, 5.74) is 3.68. The molecular formula is C32H44FN3O4. The van der Waals surface area contributed by atoms with Gasteiger partial charge in [0.1, 0.15) is 23.1 Å². The number of methoxy groups -OCH3 is 1. The van der Waals surface area contributed by atoms with E-state index >= 15 is 0 Å². The van der Waals surface area contributed by atoms with Gasteiger partial charge in [0.25, 0.3) is 0 Å². The molecule has 1 unspecified atom stereocenters. The van der Waals surface area contributed by atoms with E-state index < -0.39 is 11.6 Å². The van der Waals surface area contributed by atoms with Gasteiger partial charge in [-0.05, 0) is 82.1 Å². The van der Waals surface area contributed by atoms with E-state index in [0.29, 0.717) is 37.5 Å². The highest BCUT2D eigenvalue weighted by molar-refractivity contribution is 5.47. The molecule has 0 spiro atoms. The van der Waals surface area contributed by atoms with Crippen LogP contribution in [0.1, 0.15) is 68.0 Å². The standard InChI is InChI=1S/C32H44FN3O4/c1-21(37)30(28-17-24(33)18-29-27(28)16-23(20-40-29)32(2,3)38-4)36-14-12-26(19-36)39-15-6-5-9-25-11-10-22-8-7-13-34-31(22)35-25/h10-11,17-18,23,26,30,37H,1,5-9,12-16,19-20H2,2-4H3,(H,34,35)/t23?,26-,30-/m1/s1. The lowest BCUT2D eigenvalue weighted by Gasteiger charge is -2.38. The fourth-order valence-electron chi connectivity index (χ4n) is 6.21. The van der Waals surface area contributed by atoms with E-state index in [2.05, 4.69) is 28.9 Å². The van der Waals surface area contributed by atoms with Gasteiger partial charge < -0.3 is 24.6 Å². The van der Waals surface area contributed by atoms with Crippen LogP contribution in [0.4, 0.5) is 10.2 Å². The Hall–Kier alpha value is -2.68. The van der Waals surface area contributed by atoms with E-state index in [0.717, 1.165) is 62.3 Å². The summed E-state index contributed by atoms with van der Waals surface area (Å²) in [4.78, 5) is 6.94. The van der Waals surface area contributed by atoms with Crippen LogP contribution in [0.15, 0.2) is 36.6 Å². The molecule has 8 heteroatoms. The van der Waals surface area contributed by atoms with Gasteiger partial charge in [0, 0.05) is 56.6 Å². The van der Waals surface area contributed by atoms with Crippen LogP contribution in [0.5, 0.6) is 5.75 Å². The Labute approximate surface area is 237 Å². The number of aliphatic hydroxyl groups is 1. The Balaban J connectivity index is 1.17. The number of pyridine rings is 1. The van der Waals surface area contributed by atoms with Crippen molar-refractivity contribution in [3.63, 3.8) is 0 Å². The number of anilines is 1. The first-order valence-corrected chi connectivity index (χ1v) is 14.7. The predicted molar refractivity (Wildman–Crippen MR) is 155 cm³/mol. The lowest BCUT2D eigenvalue weighted by molar-refractivity contribution is -0.0471. The molecule has 1 fully saturated rings. The zero-order chi connectivity index (χ0) is 28.3. The van der Waals surface area contributed by atoms with Crippen LogP contribution in [-0.4, -0.2) is 66.7 Å². The molecule has 0 aliphatic carbocycles. The quantitative estimate of drug-likeness (QED) is 0.270. The average Bonchev–Trinajstić information content (AvgIpc) is 3.40. The van der Waals surface area contributed by atoms with Crippen molar-refractivity contribution in [3.8, 4) is 5.75 Å². The molecule has 2 aromatic rings. The number of aromatic nitrogens is 1. The molecule has 5 rings (SSSR count). The summed E-state index contributed by atoms with van der Waals surface area (Å²) in [5.74, 6) is 1.33. The minimum Gasteiger partial charge on any atom is -0.511 e. The molecule has 40 heavy (non-hydrogen) atoms. The minimum absolute atomic E-state index is 0.00798. The van der Waals surface area contributed by atoms with E-state index in [1.807, 2.05) is 13.8 Å². The second-order valence-corrected chi connectivity index (χ2v) is 12.0. The summed E-state index contributed by atoms with van der Waals surface area (Å²) in [6.07, 6.45) is 6.80. The molecule has 0 amide bonds. The van der Waals surface area contributed by atoms with Crippen molar-refractivity contribution < 1.29 is 23.7 Å². The number of nitrogens with one attached hydrogen (secondary N) is 1. The van der Waals surface area contributed by atoms with E-state index in [9.17, 15) is 9.50 Å². The van der Waals surface area contributed by atoms with Gasteiger partial charge in [-0.15, -0.1) is 0 Å². The molecule has 4 heterocycles. The summed E-state index contributed by atoms with van der Waals surface area (Å²) >= 11 is 0. The SMILES string of the molecule is C=C(O)[C@H](c1cc(F)cc2c1CC(C(C)(C)OC)CO2)N1CC[C@@H](OCCCCc2ccc3c(n2)NCCC3)C1. The molecule has 218 valence electrons. The molecule has 1 aromatic carbocycles. The van der Waals surface area contributed by atoms with Crippen molar-refractivity contribution in [3.05, 3.63) is 64.8 Å².